The van der Waals surface area contributed by atoms with Crippen molar-refractivity contribution in [1.82, 2.24) is 9.97 Å². The van der Waals surface area contributed by atoms with Gasteiger partial charge in [0.25, 0.3) is 0 Å². The highest BCUT2D eigenvalue weighted by molar-refractivity contribution is 5.66. The maximum absolute atomic E-state index is 13.3. The van der Waals surface area contributed by atoms with E-state index in [-0.39, 0.29) is 17.2 Å². The Morgan fingerprint density at radius 3 is 1.91 bits per heavy atom. The molecule has 0 amide bonds. The van der Waals surface area contributed by atoms with Gasteiger partial charge < -0.3 is 10.2 Å². The molecule has 1 aromatic heterocycles. The van der Waals surface area contributed by atoms with Crippen molar-refractivity contribution in [2.24, 2.45) is 0 Å². The fourth-order valence-corrected chi connectivity index (χ4v) is 2.15. The normalized spacial score (nSPS) is 10.6. The first-order valence-corrected chi connectivity index (χ1v) is 6.68. The van der Waals surface area contributed by atoms with Crippen molar-refractivity contribution in [3.63, 3.8) is 0 Å². The molecule has 3 rings (SSSR count). The molecule has 0 aliphatic rings. The summed E-state index contributed by atoms with van der Waals surface area (Å²) in [5.41, 5.74) is 2.66. The summed E-state index contributed by atoms with van der Waals surface area (Å²) in [5, 5.41) is 18.6. The fraction of sp³-hybridized carbons (Fsp3) is 0.0588. The van der Waals surface area contributed by atoms with E-state index in [1.807, 2.05) is 0 Å². The zero-order valence-electron chi connectivity index (χ0n) is 11.6. The summed E-state index contributed by atoms with van der Waals surface area (Å²) >= 11 is 0. The Bertz CT molecular complexity index is 787. The molecule has 0 radical (unpaired) electrons. The molecule has 0 saturated carbocycles. The second kappa shape index (κ2) is 5.81. The van der Waals surface area contributed by atoms with Gasteiger partial charge in [0, 0.05) is 11.1 Å². The Labute approximate surface area is 126 Å². The van der Waals surface area contributed by atoms with Crippen molar-refractivity contribution in [2.75, 3.05) is 0 Å². The number of nitrogens with zero attached hydrogens (tertiary/aromatic N) is 2. The number of rotatable bonds is 3. The van der Waals surface area contributed by atoms with E-state index in [2.05, 4.69) is 9.97 Å². The molecule has 0 unspecified atom stereocenters. The molecular weight excluding hydrogens is 283 g/mol. The second-order valence-electron chi connectivity index (χ2n) is 4.78. The maximum atomic E-state index is 13.3. The Morgan fingerprint density at radius 2 is 1.36 bits per heavy atom. The van der Waals surface area contributed by atoms with E-state index in [0.29, 0.717) is 17.0 Å². The number of alkyl halides is 1. The minimum absolute atomic E-state index is 0.138. The summed E-state index contributed by atoms with van der Waals surface area (Å²) in [6.45, 7) is -0.741. The van der Waals surface area contributed by atoms with Crippen molar-refractivity contribution in [1.29, 1.82) is 0 Å². The average Bonchev–Trinajstić information content (AvgIpc) is 2.56. The fourth-order valence-electron chi connectivity index (χ4n) is 2.15. The number of hydrogen-bond acceptors (Lipinski definition) is 4. The molecule has 0 saturated heterocycles. The van der Waals surface area contributed by atoms with E-state index in [0.717, 1.165) is 5.56 Å². The number of halogens is 1. The summed E-state index contributed by atoms with van der Waals surface area (Å²) in [7, 11) is 0. The van der Waals surface area contributed by atoms with Gasteiger partial charge in [-0.2, -0.15) is 0 Å². The van der Waals surface area contributed by atoms with E-state index in [4.69, 9.17) is 0 Å². The van der Waals surface area contributed by atoms with Gasteiger partial charge in [-0.05, 0) is 48.5 Å². The van der Waals surface area contributed by atoms with Crippen LogP contribution in [0.3, 0.4) is 0 Å². The van der Waals surface area contributed by atoms with Crippen LogP contribution in [-0.4, -0.2) is 20.2 Å². The summed E-state index contributed by atoms with van der Waals surface area (Å²) in [6.07, 6.45) is 1.56. The van der Waals surface area contributed by atoms with E-state index in [1.54, 1.807) is 42.6 Å². The lowest BCUT2D eigenvalue weighted by Gasteiger charge is -2.08. The highest BCUT2D eigenvalue weighted by Gasteiger charge is 2.11. The monoisotopic (exact) mass is 296 g/mol. The molecule has 2 N–H and O–H groups in total. The first-order valence-electron chi connectivity index (χ1n) is 6.68. The maximum Gasteiger partial charge on any atom is 0.134 e. The lowest BCUT2D eigenvalue weighted by atomic mass is 10.1. The minimum atomic E-state index is -0.741. The molecule has 0 bridgehead atoms. The Balaban J connectivity index is 2.04. The van der Waals surface area contributed by atoms with Crippen LogP contribution in [0.5, 0.6) is 11.5 Å². The molecule has 1 heterocycles. The van der Waals surface area contributed by atoms with Gasteiger partial charge in [0.2, 0.25) is 0 Å². The van der Waals surface area contributed by atoms with Crippen LogP contribution in [0.15, 0.2) is 54.7 Å². The van der Waals surface area contributed by atoms with Crippen molar-refractivity contribution < 1.29 is 14.6 Å². The quantitative estimate of drug-likeness (QED) is 0.773. The Kier molecular flexibility index (Phi) is 3.70. The van der Waals surface area contributed by atoms with Crippen LogP contribution in [0.25, 0.3) is 22.5 Å². The number of benzene rings is 2. The van der Waals surface area contributed by atoms with Gasteiger partial charge in [-0.15, -0.1) is 0 Å². The van der Waals surface area contributed by atoms with Gasteiger partial charge >= 0.3 is 0 Å². The summed E-state index contributed by atoms with van der Waals surface area (Å²) in [5.74, 6) is 0.294. The molecule has 22 heavy (non-hydrogen) atoms. The Hall–Kier alpha value is -2.95. The van der Waals surface area contributed by atoms with Crippen LogP contribution in [0.1, 0.15) is 5.69 Å². The molecule has 4 nitrogen and oxygen atoms in total. The van der Waals surface area contributed by atoms with Gasteiger partial charge in [-0.1, -0.05) is 0 Å². The second-order valence-corrected chi connectivity index (χ2v) is 4.78. The van der Waals surface area contributed by atoms with Crippen molar-refractivity contribution in [3.05, 3.63) is 60.4 Å². The molecule has 0 aliphatic carbocycles. The number of phenols is 2. The molecular formula is C17H13FN2O2. The van der Waals surface area contributed by atoms with E-state index in [1.165, 1.54) is 12.1 Å². The highest BCUT2D eigenvalue weighted by Crippen LogP contribution is 2.26. The van der Waals surface area contributed by atoms with E-state index < -0.39 is 6.67 Å². The SMILES string of the molecule is Oc1ccc(-c2cnc(-c3ccc(O)cc3)c(CF)n2)cc1. The van der Waals surface area contributed by atoms with Crippen LogP contribution in [0.4, 0.5) is 4.39 Å². The predicted molar refractivity (Wildman–Crippen MR) is 81.0 cm³/mol. The Morgan fingerprint density at radius 1 is 0.818 bits per heavy atom. The third-order valence-corrected chi connectivity index (χ3v) is 3.28. The molecule has 0 aliphatic heterocycles. The largest absolute Gasteiger partial charge is 0.508 e. The summed E-state index contributed by atoms with van der Waals surface area (Å²) in [6, 6.07) is 12.8. The topological polar surface area (TPSA) is 66.2 Å². The van der Waals surface area contributed by atoms with Gasteiger partial charge in [0.05, 0.1) is 23.3 Å². The van der Waals surface area contributed by atoms with Crippen LogP contribution in [-0.2, 0) is 6.67 Å². The molecule has 5 heteroatoms. The zero-order chi connectivity index (χ0) is 15.5. The smallest absolute Gasteiger partial charge is 0.134 e. The average molecular weight is 296 g/mol. The van der Waals surface area contributed by atoms with Crippen molar-refractivity contribution in [3.8, 4) is 34.0 Å². The lowest BCUT2D eigenvalue weighted by Crippen LogP contribution is -1.97. The number of aromatic hydroxyl groups is 2. The van der Waals surface area contributed by atoms with Gasteiger partial charge in [-0.3, -0.25) is 4.98 Å². The van der Waals surface area contributed by atoms with Crippen molar-refractivity contribution in [2.45, 2.75) is 6.67 Å². The van der Waals surface area contributed by atoms with Crippen molar-refractivity contribution >= 4 is 0 Å². The first-order chi connectivity index (χ1) is 10.7. The molecule has 3 aromatic rings. The highest BCUT2D eigenvalue weighted by atomic mass is 19.1. The predicted octanol–water partition coefficient (Wildman–Crippen LogP) is 3.69. The lowest BCUT2D eigenvalue weighted by molar-refractivity contribution is 0.474. The molecule has 0 atom stereocenters. The van der Waals surface area contributed by atoms with Crippen LogP contribution in [0.2, 0.25) is 0 Å². The van der Waals surface area contributed by atoms with Crippen LogP contribution >= 0.6 is 0 Å². The van der Waals surface area contributed by atoms with Crippen LogP contribution < -0.4 is 0 Å². The van der Waals surface area contributed by atoms with E-state index >= 15 is 0 Å². The summed E-state index contributed by atoms with van der Waals surface area (Å²) < 4.78 is 13.3. The van der Waals surface area contributed by atoms with Gasteiger partial charge in [0.15, 0.2) is 0 Å². The molecule has 2 aromatic carbocycles. The molecule has 0 spiro atoms. The first kappa shape index (κ1) is 14.0. The van der Waals surface area contributed by atoms with Crippen LogP contribution in [0, 0.1) is 0 Å². The minimum Gasteiger partial charge on any atom is -0.508 e. The molecule has 0 fully saturated rings. The standard InChI is InChI=1S/C17H13FN2O2/c18-9-15-17(12-3-7-14(22)8-4-12)19-10-16(20-15)11-1-5-13(21)6-2-11/h1-8,10,21-22H,9H2. The third-order valence-electron chi connectivity index (χ3n) is 3.28. The zero-order valence-corrected chi connectivity index (χ0v) is 11.6. The number of aromatic nitrogens is 2. The van der Waals surface area contributed by atoms with Gasteiger partial charge in [-0.25, -0.2) is 9.37 Å². The summed E-state index contributed by atoms with van der Waals surface area (Å²) in [4.78, 5) is 8.61. The number of hydrogen-bond donors (Lipinski definition) is 2. The molecule has 110 valence electrons. The van der Waals surface area contributed by atoms with Gasteiger partial charge in [0.1, 0.15) is 18.2 Å². The third kappa shape index (κ3) is 2.74. The number of phenolic OH excluding ortho intramolecular Hbond substituents is 2. The van der Waals surface area contributed by atoms with E-state index in [9.17, 15) is 14.6 Å².